The van der Waals surface area contributed by atoms with Crippen molar-refractivity contribution >= 4 is 23.4 Å². The van der Waals surface area contributed by atoms with E-state index in [4.69, 9.17) is 16.3 Å². The lowest BCUT2D eigenvalue weighted by molar-refractivity contribution is -0.123. The monoisotopic (exact) mass is 408 g/mol. The van der Waals surface area contributed by atoms with Crippen LogP contribution in [0.25, 0.3) is 0 Å². The van der Waals surface area contributed by atoms with Crippen LogP contribution in [0.15, 0.2) is 72.7 Å². The summed E-state index contributed by atoms with van der Waals surface area (Å²) in [6, 6.07) is -0.267. The zero-order valence-electron chi connectivity index (χ0n) is 16.6. The number of rotatable bonds is 12. The van der Waals surface area contributed by atoms with Crippen molar-refractivity contribution in [3.63, 3.8) is 0 Å². The predicted octanol–water partition coefficient (Wildman–Crippen LogP) is 3.23. The van der Waals surface area contributed by atoms with Crippen molar-refractivity contribution in [3.05, 3.63) is 72.7 Å². The quantitative estimate of drug-likeness (QED) is 0.263. The highest BCUT2D eigenvalue weighted by atomic mass is 35.5. The van der Waals surface area contributed by atoms with Crippen molar-refractivity contribution in [1.29, 1.82) is 0 Å². The van der Waals surface area contributed by atoms with Crippen LogP contribution in [-0.2, 0) is 14.3 Å². The number of aliphatic hydroxyl groups is 1. The molecule has 0 radical (unpaired) electrons. The van der Waals surface area contributed by atoms with E-state index in [0.29, 0.717) is 17.7 Å². The summed E-state index contributed by atoms with van der Waals surface area (Å²) in [6.45, 7) is 12.3. The Morgan fingerprint density at radius 1 is 1.29 bits per heavy atom. The van der Waals surface area contributed by atoms with Crippen molar-refractivity contribution in [1.82, 2.24) is 10.6 Å². The van der Waals surface area contributed by atoms with Gasteiger partial charge >= 0.3 is 0 Å². The third-order valence-electron chi connectivity index (χ3n) is 3.08. The number of carbonyl (C=O) groups is 2. The van der Waals surface area contributed by atoms with E-state index in [-0.39, 0.29) is 24.5 Å². The molecule has 0 aromatic carbocycles. The molecule has 7 heteroatoms. The lowest BCUT2D eigenvalue weighted by Gasteiger charge is -2.16. The first-order valence-corrected chi connectivity index (χ1v) is 9.09. The number of ether oxygens (including phenoxy) is 1. The van der Waals surface area contributed by atoms with Crippen molar-refractivity contribution in [2.75, 3.05) is 6.61 Å². The summed E-state index contributed by atoms with van der Waals surface area (Å²) in [6.07, 6.45) is 11.0. The van der Waals surface area contributed by atoms with E-state index in [1.54, 1.807) is 51.2 Å². The zero-order valence-corrected chi connectivity index (χ0v) is 17.3. The SMILES string of the molecule is C=C/C(=C\C=C\C(C)(C)O)C(=O)NC(C)CC(=C)NC(=O)CO/C=C/C=C/Cl. The van der Waals surface area contributed by atoms with Gasteiger partial charge in [-0.3, -0.25) is 9.59 Å². The van der Waals surface area contributed by atoms with Gasteiger partial charge in [0.25, 0.3) is 11.8 Å². The fourth-order valence-electron chi connectivity index (χ4n) is 1.90. The van der Waals surface area contributed by atoms with E-state index in [1.165, 1.54) is 17.9 Å². The molecule has 0 aromatic rings. The fraction of sp³-hybridized carbons (Fsp3) is 0.333. The number of hydrogen-bond donors (Lipinski definition) is 3. The molecule has 0 aliphatic rings. The summed E-state index contributed by atoms with van der Waals surface area (Å²) in [5, 5.41) is 15.1. The molecule has 2 amide bonds. The second-order valence-electron chi connectivity index (χ2n) is 6.53. The minimum absolute atomic E-state index is 0.163. The zero-order chi connectivity index (χ0) is 21.6. The predicted molar refractivity (Wildman–Crippen MR) is 113 cm³/mol. The standard InChI is InChI=1S/C21H29ClN2O4/c1-6-18(10-9-11-21(4,5)27)20(26)24-17(3)14-16(2)23-19(25)15-28-13-8-7-12-22/h6-13,17,27H,1-2,14-15H2,3-5H3,(H,23,25)(H,24,26)/b11-9+,12-7+,13-8+,18-10+. The highest BCUT2D eigenvalue weighted by Gasteiger charge is 2.12. The van der Waals surface area contributed by atoms with Gasteiger partial charge in [-0.1, -0.05) is 43.0 Å². The third kappa shape index (κ3) is 13.6. The molecule has 1 atom stereocenters. The molecule has 154 valence electrons. The lowest BCUT2D eigenvalue weighted by atomic mass is 10.1. The van der Waals surface area contributed by atoms with Crippen LogP contribution < -0.4 is 10.6 Å². The molecule has 0 rings (SSSR count). The third-order valence-corrected chi connectivity index (χ3v) is 3.23. The van der Waals surface area contributed by atoms with Crippen LogP contribution in [0.4, 0.5) is 0 Å². The van der Waals surface area contributed by atoms with Gasteiger partial charge in [-0.25, -0.2) is 0 Å². The first-order chi connectivity index (χ1) is 13.1. The second-order valence-corrected chi connectivity index (χ2v) is 6.78. The van der Waals surface area contributed by atoms with Gasteiger partial charge in [0.1, 0.15) is 0 Å². The molecule has 0 aromatic heterocycles. The highest BCUT2D eigenvalue weighted by molar-refractivity contribution is 6.25. The molecular formula is C21H29ClN2O4. The number of amides is 2. The van der Waals surface area contributed by atoms with Crippen LogP contribution in [0.3, 0.4) is 0 Å². The number of carbonyl (C=O) groups excluding carboxylic acids is 2. The van der Waals surface area contributed by atoms with Gasteiger partial charge in [0, 0.05) is 29.3 Å². The van der Waals surface area contributed by atoms with E-state index in [0.717, 1.165) is 0 Å². The Morgan fingerprint density at radius 3 is 2.54 bits per heavy atom. The molecule has 0 bridgehead atoms. The van der Waals surface area contributed by atoms with Gasteiger partial charge in [-0.2, -0.15) is 0 Å². The van der Waals surface area contributed by atoms with E-state index in [9.17, 15) is 14.7 Å². The van der Waals surface area contributed by atoms with Crippen LogP contribution in [0.1, 0.15) is 27.2 Å². The fourth-order valence-corrected chi connectivity index (χ4v) is 1.99. The molecule has 6 nitrogen and oxygen atoms in total. The van der Waals surface area contributed by atoms with Crippen molar-refractivity contribution < 1.29 is 19.4 Å². The van der Waals surface area contributed by atoms with Crippen molar-refractivity contribution in [2.45, 2.75) is 38.8 Å². The topological polar surface area (TPSA) is 87.7 Å². The maximum absolute atomic E-state index is 12.3. The molecular weight excluding hydrogens is 380 g/mol. The minimum atomic E-state index is -0.969. The first kappa shape index (κ1) is 25.4. The Balaban J connectivity index is 4.48. The molecule has 28 heavy (non-hydrogen) atoms. The Morgan fingerprint density at radius 2 is 1.96 bits per heavy atom. The molecule has 0 saturated heterocycles. The summed E-state index contributed by atoms with van der Waals surface area (Å²) >= 11 is 5.34. The maximum atomic E-state index is 12.3. The molecule has 0 fully saturated rings. The van der Waals surface area contributed by atoms with Crippen molar-refractivity contribution in [3.8, 4) is 0 Å². The van der Waals surface area contributed by atoms with Crippen LogP contribution in [0.5, 0.6) is 0 Å². The number of halogens is 1. The van der Waals surface area contributed by atoms with Gasteiger partial charge in [0.2, 0.25) is 0 Å². The largest absolute Gasteiger partial charge is 0.491 e. The number of nitrogens with one attached hydrogen (secondary N) is 2. The Bertz CT molecular complexity index is 670. The summed E-state index contributed by atoms with van der Waals surface area (Å²) in [7, 11) is 0. The maximum Gasteiger partial charge on any atom is 0.261 e. The smallest absolute Gasteiger partial charge is 0.261 e. The summed E-state index contributed by atoms with van der Waals surface area (Å²) in [5.74, 6) is -0.672. The Kier molecular flexibility index (Phi) is 12.3. The highest BCUT2D eigenvalue weighted by Crippen LogP contribution is 2.06. The molecule has 0 aliphatic carbocycles. The molecule has 0 heterocycles. The van der Waals surface area contributed by atoms with Crippen LogP contribution in [0.2, 0.25) is 0 Å². The average Bonchev–Trinajstić information content (AvgIpc) is 2.57. The average molecular weight is 409 g/mol. The normalized spacial score (nSPS) is 13.7. The van der Waals surface area contributed by atoms with Gasteiger partial charge in [0.05, 0.1) is 11.9 Å². The Labute approximate surface area is 172 Å². The van der Waals surface area contributed by atoms with E-state index in [1.807, 2.05) is 0 Å². The van der Waals surface area contributed by atoms with Crippen molar-refractivity contribution in [2.24, 2.45) is 0 Å². The van der Waals surface area contributed by atoms with Gasteiger partial charge < -0.3 is 20.5 Å². The number of allylic oxidation sites excluding steroid dienone is 4. The minimum Gasteiger partial charge on any atom is -0.491 e. The molecule has 0 aliphatic heterocycles. The van der Waals surface area contributed by atoms with E-state index >= 15 is 0 Å². The summed E-state index contributed by atoms with van der Waals surface area (Å²) < 4.78 is 5.02. The van der Waals surface area contributed by atoms with E-state index < -0.39 is 5.60 Å². The molecule has 1 unspecified atom stereocenters. The molecule has 0 spiro atoms. The van der Waals surface area contributed by atoms with Crippen LogP contribution in [-0.4, -0.2) is 35.2 Å². The molecule has 0 saturated carbocycles. The second kappa shape index (κ2) is 13.6. The van der Waals surface area contributed by atoms with Gasteiger partial charge in [-0.05, 0) is 39.0 Å². The Hall–Kier alpha value is -2.57. The number of hydrogen-bond acceptors (Lipinski definition) is 4. The summed E-state index contributed by atoms with van der Waals surface area (Å²) in [5.41, 5.74) is 1.15. The van der Waals surface area contributed by atoms with Gasteiger partial charge in [-0.15, -0.1) is 0 Å². The van der Waals surface area contributed by atoms with Crippen LogP contribution in [0, 0.1) is 0 Å². The first-order valence-electron chi connectivity index (χ1n) is 8.65. The van der Waals surface area contributed by atoms with E-state index in [2.05, 4.69) is 23.8 Å². The molecule has 3 N–H and O–H groups in total. The summed E-state index contributed by atoms with van der Waals surface area (Å²) in [4.78, 5) is 24.0. The lowest BCUT2D eigenvalue weighted by Crippen LogP contribution is -2.36. The van der Waals surface area contributed by atoms with Gasteiger partial charge in [0.15, 0.2) is 6.61 Å². The van der Waals surface area contributed by atoms with Crippen LogP contribution >= 0.6 is 11.6 Å².